The van der Waals surface area contributed by atoms with Crippen molar-refractivity contribution in [1.29, 1.82) is 0 Å². The number of H-pyrrole nitrogens is 1. The molecule has 146 valence electrons. The van der Waals surface area contributed by atoms with Crippen molar-refractivity contribution < 1.29 is 13.2 Å². The number of carbonyl (C=O) groups is 1. The van der Waals surface area contributed by atoms with Gasteiger partial charge in [-0.15, -0.1) is 0 Å². The van der Waals surface area contributed by atoms with Gasteiger partial charge in [-0.2, -0.15) is 19.7 Å². The van der Waals surface area contributed by atoms with Crippen LogP contribution >= 0.6 is 0 Å². The zero-order chi connectivity index (χ0) is 19.7. The van der Waals surface area contributed by atoms with Crippen molar-refractivity contribution in [3.63, 3.8) is 0 Å². The second-order valence-electron chi connectivity index (χ2n) is 6.85. The van der Waals surface area contributed by atoms with E-state index in [0.29, 0.717) is 29.6 Å². The van der Waals surface area contributed by atoms with E-state index in [1.165, 1.54) is 11.4 Å². The minimum Gasteiger partial charge on any atom is -0.355 e. The van der Waals surface area contributed by atoms with Crippen molar-refractivity contribution >= 4 is 27.0 Å². The first-order valence-corrected chi connectivity index (χ1v) is 10.6. The minimum absolute atomic E-state index is 0.164. The van der Waals surface area contributed by atoms with Gasteiger partial charge in [0.25, 0.3) is 0 Å². The molecule has 0 bridgehead atoms. The number of aromatic nitrogens is 3. The first kappa shape index (κ1) is 18.6. The maximum absolute atomic E-state index is 13.4. The van der Waals surface area contributed by atoms with Gasteiger partial charge in [-0.25, -0.2) is 8.42 Å². The van der Waals surface area contributed by atoms with Crippen LogP contribution in [0.4, 0.5) is 0 Å². The summed E-state index contributed by atoms with van der Waals surface area (Å²) >= 11 is 0. The van der Waals surface area contributed by atoms with Gasteiger partial charge < -0.3 is 5.32 Å². The Balaban J connectivity index is 1.77. The molecule has 0 radical (unpaired) electrons. The average molecular weight is 399 g/mol. The van der Waals surface area contributed by atoms with Crippen molar-refractivity contribution in [2.24, 2.45) is 0 Å². The third-order valence-electron chi connectivity index (χ3n) is 5.12. The number of nitrogens with zero attached hydrogens (tertiary/aromatic N) is 3. The zero-order valence-corrected chi connectivity index (χ0v) is 16.2. The highest BCUT2D eigenvalue weighted by molar-refractivity contribution is 7.89. The van der Waals surface area contributed by atoms with Gasteiger partial charge in [-0.1, -0.05) is 24.3 Å². The minimum atomic E-state index is -3.88. The van der Waals surface area contributed by atoms with Gasteiger partial charge in [0.05, 0.1) is 4.90 Å². The monoisotopic (exact) mass is 399 g/mol. The summed E-state index contributed by atoms with van der Waals surface area (Å²) in [5, 5.41) is 13.5. The molecule has 28 heavy (non-hydrogen) atoms. The maximum Gasteiger partial charge on any atom is 0.244 e. The highest BCUT2D eigenvalue weighted by Crippen LogP contribution is 2.31. The van der Waals surface area contributed by atoms with Crippen molar-refractivity contribution in [2.45, 2.75) is 30.2 Å². The van der Waals surface area contributed by atoms with E-state index >= 15 is 0 Å². The molecule has 0 aliphatic carbocycles. The van der Waals surface area contributed by atoms with Crippen LogP contribution in [0.25, 0.3) is 22.2 Å². The standard InChI is InChI=1S/C19H21N5O3S/c1-24(17-7-4-5-11-20-19(17)25)28(26,27)18-8-3-2-6-14(18)13-9-10-15-16(12-13)22-23-21-15/h2-3,6,8-10,12,17H,4-5,7,11H2,1H3,(H,20,25)(H,21,22,23)/t17-/m1/s1. The van der Waals surface area contributed by atoms with Gasteiger partial charge in [-0.05, 0) is 43.0 Å². The Morgan fingerprint density at radius 2 is 1.86 bits per heavy atom. The van der Waals surface area contributed by atoms with E-state index in [2.05, 4.69) is 20.7 Å². The SMILES string of the molecule is CN([C@@H]1CCCCNC1=O)S(=O)(=O)c1ccccc1-c1ccc2n[nH]nc2c1. The summed E-state index contributed by atoms with van der Waals surface area (Å²) in [4.78, 5) is 12.5. The number of hydrogen-bond acceptors (Lipinski definition) is 5. The molecule has 0 spiro atoms. The number of sulfonamides is 1. The number of amides is 1. The summed E-state index contributed by atoms with van der Waals surface area (Å²) in [6.45, 7) is 0.581. The normalized spacial score (nSPS) is 18.2. The van der Waals surface area contributed by atoms with Crippen LogP contribution in [0.3, 0.4) is 0 Å². The van der Waals surface area contributed by atoms with E-state index in [4.69, 9.17) is 0 Å². The summed E-state index contributed by atoms with van der Waals surface area (Å²) in [6.07, 6.45) is 2.16. The number of rotatable bonds is 4. The Morgan fingerprint density at radius 1 is 1.07 bits per heavy atom. The lowest BCUT2D eigenvalue weighted by Crippen LogP contribution is -2.46. The topological polar surface area (TPSA) is 108 Å². The van der Waals surface area contributed by atoms with Crippen LogP contribution in [0.1, 0.15) is 19.3 Å². The summed E-state index contributed by atoms with van der Waals surface area (Å²) in [5.41, 5.74) is 2.64. The van der Waals surface area contributed by atoms with Crippen LogP contribution in [0.2, 0.25) is 0 Å². The quantitative estimate of drug-likeness (QED) is 0.697. The van der Waals surface area contributed by atoms with Crippen molar-refractivity contribution in [1.82, 2.24) is 25.0 Å². The Morgan fingerprint density at radius 3 is 2.71 bits per heavy atom. The summed E-state index contributed by atoms with van der Waals surface area (Å²) in [6, 6.07) is 11.5. The van der Waals surface area contributed by atoms with Crippen LogP contribution < -0.4 is 5.32 Å². The van der Waals surface area contributed by atoms with Crippen LogP contribution in [-0.4, -0.2) is 53.7 Å². The first-order valence-electron chi connectivity index (χ1n) is 9.14. The molecule has 1 aliphatic rings. The van der Waals surface area contributed by atoms with E-state index in [0.717, 1.165) is 18.4 Å². The second kappa shape index (κ2) is 7.33. The fourth-order valence-corrected chi connectivity index (χ4v) is 5.09. The van der Waals surface area contributed by atoms with E-state index in [1.807, 2.05) is 6.07 Å². The lowest BCUT2D eigenvalue weighted by Gasteiger charge is -2.26. The molecular formula is C19H21N5O3S. The Hall–Kier alpha value is -2.78. The number of fused-ring (bicyclic) bond motifs is 1. The van der Waals surface area contributed by atoms with Crippen molar-refractivity contribution in [3.05, 3.63) is 42.5 Å². The Kier molecular flexibility index (Phi) is 4.86. The average Bonchev–Trinajstić information content (AvgIpc) is 3.07. The molecule has 2 N–H and O–H groups in total. The fraction of sp³-hybridized carbons (Fsp3) is 0.316. The smallest absolute Gasteiger partial charge is 0.244 e. The molecule has 1 aromatic heterocycles. The van der Waals surface area contributed by atoms with Crippen LogP contribution in [-0.2, 0) is 14.8 Å². The fourth-order valence-electron chi connectivity index (χ4n) is 3.53. The number of aromatic amines is 1. The lowest BCUT2D eigenvalue weighted by molar-refractivity contribution is -0.124. The molecule has 3 aromatic rings. The van der Waals surface area contributed by atoms with E-state index in [-0.39, 0.29) is 10.8 Å². The van der Waals surface area contributed by atoms with Gasteiger partial charge in [0, 0.05) is 19.2 Å². The molecule has 1 saturated heterocycles. The molecule has 0 saturated carbocycles. The first-order chi connectivity index (χ1) is 13.5. The van der Waals surface area contributed by atoms with Gasteiger partial charge in [0.2, 0.25) is 15.9 Å². The predicted octanol–water partition coefficient (Wildman–Crippen LogP) is 1.91. The Labute approximate surface area is 163 Å². The number of hydrogen-bond donors (Lipinski definition) is 2. The second-order valence-corrected chi connectivity index (χ2v) is 8.81. The molecule has 4 rings (SSSR count). The zero-order valence-electron chi connectivity index (χ0n) is 15.4. The summed E-state index contributed by atoms with van der Waals surface area (Å²) in [7, 11) is -2.40. The van der Waals surface area contributed by atoms with E-state index in [1.54, 1.807) is 36.4 Å². The highest BCUT2D eigenvalue weighted by Gasteiger charge is 2.34. The third-order valence-corrected chi connectivity index (χ3v) is 7.04. The molecule has 8 nitrogen and oxygen atoms in total. The predicted molar refractivity (Wildman–Crippen MR) is 105 cm³/mol. The number of benzene rings is 2. The van der Waals surface area contributed by atoms with E-state index < -0.39 is 16.1 Å². The molecule has 1 aliphatic heterocycles. The van der Waals surface area contributed by atoms with Crippen LogP contribution in [0.15, 0.2) is 47.4 Å². The largest absolute Gasteiger partial charge is 0.355 e. The summed E-state index contributed by atoms with van der Waals surface area (Å²) in [5.74, 6) is -0.245. The van der Waals surface area contributed by atoms with Crippen LogP contribution in [0.5, 0.6) is 0 Å². The van der Waals surface area contributed by atoms with Crippen LogP contribution in [0, 0.1) is 0 Å². The molecular weight excluding hydrogens is 378 g/mol. The molecule has 1 fully saturated rings. The van der Waals surface area contributed by atoms with Gasteiger partial charge in [0.15, 0.2) is 0 Å². The molecule has 1 amide bonds. The van der Waals surface area contributed by atoms with Crippen molar-refractivity contribution in [2.75, 3.05) is 13.6 Å². The van der Waals surface area contributed by atoms with Gasteiger partial charge in [-0.3, -0.25) is 4.79 Å². The van der Waals surface area contributed by atoms with E-state index in [9.17, 15) is 13.2 Å². The van der Waals surface area contributed by atoms with Gasteiger partial charge >= 0.3 is 0 Å². The Bertz CT molecular complexity index is 1130. The number of nitrogens with one attached hydrogen (secondary N) is 2. The highest BCUT2D eigenvalue weighted by atomic mass is 32.2. The maximum atomic E-state index is 13.4. The van der Waals surface area contributed by atoms with Gasteiger partial charge in [0.1, 0.15) is 17.1 Å². The molecule has 1 atom stereocenters. The molecule has 0 unspecified atom stereocenters. The lowest BCUT2D eigenvalue weighted by atomic mass is 10.1. The number of carbonyl (C=O) groups excluding carboxylic acids is 1. The molecule has 2 heterocycles. The summed E-state index contributed by atoms with van der Waals surface area (Å²) < 4.78 is 28.0. The molecule has 9 heteroatoms. The molecule has 2 aromatic carbocycles. The van der Waals surface area contributed by atoms with Crippen molar-refractivity contribution in [3.8, 4) is 11.1 Å². The third kappa shape index (κ3) is 3.27. The number of likely N-dealkylation sites (N-methyl/N-ethyl adjacent to an activating group) is 1.